The minimum atomic E-state index is 0.780. The average molecular weight is 266 g/mol. The van der Waals surface area contributed by atoms with Crippen LogP contribution in [0.4, 0.5) is 5.69 Å². The van der Waals surface area contributed by atoms with E-state index in [1.165, 1.54) is 16.8 Å². The van der Waals surface area contributed by atoms with Gasteiger partial charge in [-0.15, -0.1) is 0 Å². The predicted molar refractivity (Wildman–Crippen MR) is 82.1 cm³/mol. The van der Waals surface area contributed by atoms with E-state index in [2.05, 4.69) is 42.3 Å². The number of anilines is 1. The summed E-state index contributed by atoms with van der Waals surface area (Å²) >= 11 is 0. The first kappa shape index (κ1) is 12.7. The van der Waals surface area contributed by atoms with Crippen LogP contribution in [0.3, 0.4) is 0 Å². The summed E-state index contributed by atoms with van der Waals surface area (Å²) in [6.45, 7) is 4.98. The first-order valence-corrected chi connectivity index (χ1v) is 6.88. The molecule has 0 bridgehead atoms. The van der Waals surface area contributed by atoms with Crippen LogP contribution in [0, 0.1) is 13.8 Å². The Hall–Kier alpha value is -2.29. The Bertz CT molecular complexity index is 731. The summed E-state index contributed by atoms with van der Waals surface area (Å²) in [5, 5.41) is 3.42. The van der Waals surface area contributed by atoms with Crippen molar-refractivity contribution < 1.29 is 4.42 Å². The van der Waals surface area contributed by atoms with Gasteiger partial charge in [0.2, 0.25) is 0 Å². The minimum absolute atomic E-state index is 0.780. The van der Waals surface area contributed by atoms with Gasteiger partial charge < -0.3 is 9.73 Å². The lowest BCUT2D eigenvalue weighted by molar-refractivity contribution is 0.534. The van der Waals surface area contributed by atoms with Gasteiger partial charge in [0.05, 0.1) is 0 Å². The molecule has 3 aromatic rings. The molecule has 1 heterocycles. The predicted octanol–water partition coefficient (Wildman–Crippen LogP) is 4.10. The fourth-order valence-corrected chi connectivity index (χ4v) is 2.27. The SMILES string of the molecule is Cc1ccc2oc(CCNc3ccccc3C)nc2c1. The Kier molecular flexibility index (Phi) is 3.42. The average Bonchev–Trinajstić information content (AvgIpc) is 2.83. The number of rotatable bonds is 4. The van der Waals surface area contributed by atoms with Gasteiger partial charge in [-0.2, -0.15) is 0 Å². The lowest BCUT2D eigenvalue weighted by atomic mass is 10.2. The van der Waals surface area contributed by atoms with Crippen LogP contribution in [0.1, 0.15) is 17.0 Å². The van der Waals surface area contributed by atoms with Crippen molar-refractivity contribution in [2.75, 3.05) is 11.9 Å². The van der Waals surface area contributed by atoms with Gasteiger partial charge in [0.15, 0.2) is 11.5 Å². The first-order valence-electron chi connectivity index (χ1n) is 6.88. The zero-order valence-corrected chi connectivity index (χ0v) is 11.8. The molecule has 0 saturated carbocycles. The number of oxazole rings is 1. The van der Waals surface area contributed by atoms with E-state index in [4.69, 9.17) is 4.42 Å². The molecule has 3 rings (SSSR count). The fourth-order valence-electron chi connectivity index (χ4n) is 2.27. The topological polar surface area (TPSA) is 38.1 Å². The third-order valence-corrected chi connectivity index (χ3v) is 3.39. The molecule has 0 aliphatic heterocycles. The molecule has 0 saturated heterocycles. The van der Waals surface area contributed by atoms with E-state index in [1.807, 2.05) is 24.3 Å². The van der Waals surface area contributed by atoms with E-state index in [0.29, 0.717) is 0 Å². The summed E-state index contributed by atoms with van der Waals surface area (Å²) in [6, 6.07) is 14.4. The van der Waals surface area contributed by atoms with Crippen LogP contribution in [0.15, 0.2) is 46.9 Å². The summed E-state index contributed by atoms with van der Waals surface area (Å²) in [6.07, 6.45) is 0.780. The van der Waals surface area contributed by atoms with Crippen LogP contribution in [0.2, 0.25) is 0 Å². The second-order valence-corrected chi connectivity index (χ2v) is 5.07. The van der Waals surface area contributed by atoms with Crippen LogP contribution < -0.4 is 5.32 Å². The Morgan fingerprint density at radius 3 is 2.80 bits per heavy atom. The molecule has 3 nitrogen and oxygen atoms in total. The number of aromatic nitrogens is 1. The van der Waals surface area contributed by atoms with Crippen molar-refractivity contribution in [3.05, 3.63) is 59.5 Å². The van der Waals surface area contributed by atoms with Crippen molar-refractivity contribution >= 4 is 16.8 Å². The molecular formula is C17H18N2O. The molecule has 20 heavy (non-hydrogen) atoms. The van der Waals surface area contributed by atoms with Gasteiger partial charge in [0.1, 0.15) is 5.52 Å². The highest BCUT2D eigenvalue weighted by Gasteiger charge is 2.05. The second-order valence-electron chi connectivity index (χ2n) is 5.07. The summed E-state index contributed by atoms with van der Waals surface area (Å²) in [4.78, 5) is 4.52. The van der Waals surface area contributed by atoms with Crippen molar-refractivity contribution in [3.8, 4) is 0 Å². The maximum absolute atomic E-state index is 5.74. The number of hydrogen-bond acceptors (Lipinski definition) is 3. The van der Waals surface area contributed by atoms with Crippen LogP contribution >= 0.6 is 0 Å². The monoisotopic (exact) mass is 266 g/mol. The van der Waals surface area contributed by atoms with Crippen molar-refractivity contribution in [3.63, 3.8) is 0 Å². The van der Waals surface area contributed by atoms with E-state index in [9.17, 15) is 0 Å². The molecule has 0 unspecified atom stereocenters. The van der Waals surface area contributed by atoms with E-state index in [1.54, 1.807) is 0 Å². The Morgan fingerprint density at radius 1 is 1.10 bits per heavy atom. The van der Waals surface area contributed by atoms with Crippen molar-refractivity contribution in [1.29, 1.82) is 0 Å². The molecule has 0 atom stereocenters. The zero-order valence-electron chi connectivity index (χ0n) is 11.8. The summed E-state index contributed by atoms with van der Waals surface area (Å²) in [7, 11) is 0. The maximum atomic E-state index is 5.74. The molecule has 0 aliphatic rings. The number of nitrogens with one attached hydrogen (secondary N) is 1. The molecule has 3 heteroatoms. The third kappa shape index (κ3) is 2.67. The quantitative estimate of drug-likeness (QED) is 0.772. The molecule has 0 spiro atoms. The minimum Gasteiger partial charge on any atom is -0.441 e. The number of fused-ring (bicyclic) bond motifs is 1. The molecular weight excluding hydrogens is 248 g/mol. The first-order chi connectivity index (χ1) is 9.72. The molecule has 0 fully saturated rings. The van der Waals surface area contributed by atoms with E-state index in [0.717, 1.165) is 30.0 Å². The van der Waals surface area contributed by atoms with Gasteiger partial charge in [-0.25, -0.2) is 4.98 Å². The smallest absolute Gasteiger partial charge is 0.197 e. The van der Waals surface area contributed by atoms with E-state index < -0.39 is 0 Å². The molecule has 0 radical (unpaired) electrons. The number of hydrogen-bond donors (Lipinski definition) is 1. The van der Waals surface area contributed by atoms with E-state index >= 15 is 0 Å². The lowest BCUT2D eigenvalue weighted by Crippen LogP contribution is -2.05. The summed E-state index contributed by atoms with van der Waals surface area (Å²) < 4.78 is 5.74. The van der Waals surface area contributed by atoms with Gasteiger partial charge in [0.25, 0.3) is 0 Å². The standard InChI is InChI=1S/C17H18N2O/c1-12-7-8-16-15(11-12)19-17(20-16)9-10-18-14-6-4-3-5-13(14)2/h3-8,11,18H,9-10H2,1-2H3. The maximum Gasteiger partial charge on any atom is 0.197 e. The van der Waals surface area contributed by atoms with Gasteiger partial charge >= 0.3 is 0 Å². The van der Waals surface area contributed by atoms with Gasteiger partial charge in [-0.1, -0.05) is 24.3 Å². The lowest BCUT2D eigenvalue weighted by Gasteiger charge is -2.07. The highest BCUT2D eigenvalue weighted by molar-refractivity contribution is 5.73. The molecule has 1 aromatic heterocycles. The molecule has 0 aliphatic carbocycles. The second kappa shape index (κ2) is 5.37. The van der Waals surface area contributed by atoms with Crippen molar-refractivity contribution in [1.82, 2.24) is 4.98 Å². The largest absolute Gasteiger partial charge is 0.441 e. The highest BCUT2D eigenvalue weighted by Crippen LogP contribution is 2.18. The van der Waals surface area contributed by atoms with Crippen LogP contribution in [0.5, 0.6) is 0 Å². The highest BCUT2D eigenvalue weighted by atomic mass is 16.3. The Labute approximate surface area is 118 Å². The van der Waals surface area contributed by atoms with Crippen molar-refractivity contribution in [2.45, 2.75) is 20.3 Å². The summed E-state index contributed by atoms with van der Waals surface area (Å²) in [5.41, 5.74) is 5.42. The van der Waals surface area contributed by atoms with Gasteiger partial charge in [-0.05, 0) is 43.2 Å². The Balaban J connectivity index is 1.67. The molecule has 1 N–H and O–H groups in total. The number of para-hydroxylation sites is 1. The fraction of sp³-hybridized carbons (Fsp3) is 0.235. The van der Waals surface area contributed by atoms with E-state index in [-0.39, 0.29) is 0 Å². The molecule has 102 valence electrons. The van der Waals surface area contributed by atoms with Gasteiger partial charge in [0, 0.05) is 18.7 Å². The molecule has 2 aromatic carbocycles. The normalized spacial score (nSPS) is 10.9. The number of benzene rings is 2. The summed E-state index contributed by atoms with van der Waals surface area (Å²) in [5.74, 6) is 0.784. The van der Waals surface area contributed by atoms with Crippen molar-refractivity contribution in [2.24, 2.45) is 0 Å². The van der Waals surface area contributed by atoms with Crippen LogP contribution in [-0.2, 0) is 6.42 Å². The van der Waals surface area contributed by atoms with Gasteiger partial charge in [-0.3, -0.25) is 0 Å². The third-order valence-electron chi connectivity index (χ3n) is 3.39. The van der Waals surface area contributed by atoms with Crippen LogP contribution in [-0.4, -0.2) is 11.5 Å². The zero-order chi connectivity index (χ0) is 13.9. The van der Waals surface area contributed by atoms with Crippen LogP contribution in [0.25, 0.3) is 11.1 Å². The number of nitrogens with zero attached hydrogens (tertiary/aromatic N) is 1. The Morgan fingerprint density at radius 2 is 1.95 bits per heavy atom. The molecule has 0 amide bonds. The number of aryl methyl sites for hydroxylation is 2.